The van der Waals surface area contributed by atoms with Crippen LogP contribution in [0.15, 0.2) is 12.7 Å². The van der Waals surface area contributed by atoms with E-state index in [9.17, 15) is 4.79 Å². The SMILES string of the molecule is C=CCCCN(C)C(=O)C(N)CC1CCCCC1. The second-order valence-corrected chi connectivity index (χ2v) is 5.54. The highest BCUT2D eigenvalue weighted by molar-refractivity contribution is 5.81. The fraction of sp³-hybridized carbons (Fsp3) is 0.800. The highest BCUT2D eigenvalue weighted by atomic mass is 16.2. The van der Waals surface area contributed by atoms with Gasteiger partial charge in [-0.25, -0.2) is 0 Å². The maximum Gasteiger partial charge on any atom is 0.239 e. The Bertz CT molecular complexity index is 259. The van der Waals surface area contributed by atoms with Crippen LogP contribution in [0.1, 0.15) is 51.4 Å². The van der Waals surface area contributed by atoms with Crippen molar-refractivity contribution in [3.8, 4) is 0 Å². The van der Waals surface area contributed by atoms with Crippen LogP contribution in [0.25, 0.3) is 0 Å². The van der Waals surface area contributed by atoms with Crippen molar-refractivity contribution in [2.75, 3.05) is 13.6 Å². The molecule has 0 radical (unpaired) electrons. The van der Waals surface area contributed by atoms with Crippen molar-refractivity contribution in [1.29, 1.82) is 0 Å². The lowest BCUT2D eigenvalue weighted by Crippen LogP contribution is -2.43. The lowest BCUT2D eigenvalue weighted by Gasteiger charge is -2.26. The minimum absolute atomic E-state index is 0.102. The van der Waals surface area contributed by atoms with Crippen molar-refractivity contribution in [3.05, 3.63) is 12.7 Å². The first-order valence-electron chi connectivity index (χ1n) is 7.26. The third-order valence-corrected chi connectivity index (χ3v) is 3.91. The lowest BCUT2D eigenvalue weighted by molar-refractivity contribution is -0.131. The van der Waals surface area contributed by atoms with Gasteiger partial charge in [0.15, 0.2) is 0 Å². The maximum atomic E-state index is 12.1. The summed E-state index contributed by atoms with van der Waals surface area (Å²) in [6, 6.07) is -0.304. The van der Waals surface area contributed by atoms with Gasteiger partial charge in [0.25, 0.3) is 0 Å². The quantitative estimate of drug-likeness (QED) is 0.559. The molecule has 0 spiro atoms. The van der Waals surface area contributed by atoms with E-state index < -0.39 is 0 Å². The van der Waals surface area contributed by atoms with Crippen LogP contribution in [0.3, 0.4) is 0 Å². The van der Waals surface area contributed by atoms with Gasteiger partial charge in [0.1, 0.15) is 0 Å². The van der Waals surface area contributed by atoms with Crippen molar-refractivity contribution in [2.24, 2.45) is 11.7 Å². The van der Waals surface area contributed by atoms with E-state index >= 15 is 0 Å². The number of carbonyl (C=O) groups is 1. The van der Waals surface area contributed by atoms with Gasteiger partial charge < -0.3 is 10.6 Å². The van der Waals surface area contributed by atoms with Gasteiger partial charge in [-0.15, -0.1) is 6.58 Å². The molecule has 1 rings (SSSR count). The molecule has 1 saturated carbocycles. The van der Waals surface area contributed by atoms with E-state index in [0.717, 1.165) is 25.8 Å². The lowest BCUT2D eigenvalue weighted by atomic mass is 9.85. The fourth-order valence-electron chi connectivity index (χ4n) is 2.75. The van der Waals surface area contributed by atoms with Crippen LogP contribution in [-0.2, 0) is 4.79 Å². The van der Waals surface area contributed by atoms with Gasteiger partial charge in [-0.1, -0.05) is 38.2 Å². The van der Waals surface area contributed by atoms with Crippen LogP contribution in [0.5, 0.6) is 0 Å². The number of nitrogens with zero attached hydrogens (tertiary/aromatic N) is 1. The first-order chi connectivity index (χ1) is 8.65. The Kier molecular flexibility index (Phi) is 7.02. The number of amides is 1. The molecule has 0 bridgehead atoms. The van der Waals surface area contributed by atoms with Crippen molar-refractivity contribution in [2.45, 2.75) is 57.4 Å². The molecule has 0 aromatic carbocycles. The molecule has 1 aliphatic carbocycles. The second-order valence-electron chi connectivity index (χ2n) is 5.54. The highest BCUT2D eigenvalue weighted by Crippen LogP contribution is 2.27. The third kappa shape index (κ3) is 5.21. The Morgan fingerprint density at radius 3 is 2.72 bits per heavy atom. The number of allylic oxidation sites excluding steroid dienone is 1. The normalized spacial score (nSPS) is 18.3. The molecule has 1 aliphatic rings. The number of unbranched alkanes of at least 4 members (excludes halogenated alkanes) is 1. The predicted molar refractivity (Wildman–Crippen MR) is 76.2 cm³/mol. The first kappa shape index (κ1) is 15.2. The van der Waals surface area contributed by atoms with Gasteiger partial charge in [0.05, 0.1) is 6.04 Å². The molecule has 3 heteroatoms. The van der Waals surface area contributed by atoms with E-state index in [-0.39, 0.29) is 11.9 Å². The molecule has 18 heavy (non-hydrogen) atoms. The smallest absolute Gasteiger partial charge is 0.239 e. The van der Waals surface area contributed by atoms with E-state index in [4.69, 9.17) is 5.73 Å². The summed E-state index contributed by atoms with van der Waals surface area (Å²) in [7, 11) is 1.85. The number of carbonyl (C=O) groups excluding carboxylic acids is 1. The average molecular weight is 252 g/mol. The molecule has 3 nitrogen and oxygen atoms in total. The van der Waals surface area contributed by atoms with Gasteiger partial charge in [-0.3, -0.25) is 4.79 Å². The van der Waals surface area contributed by atoms with Gasteiger partial charge in [0, 0.05) is 13.6 Å². The molecule has 1 fully saturated rings. The van der Waals surface area contributed by atoms with Crippen LogP contribution >= 0.6 is 0 Å². The zero-order valence-electron chi connectivity index (χ0n) is 11.7. The molecule has 1 amide bonds. The topological polar surface area (TPSA) is 46.3 Å². The Hall–Kier alpha value is -0.830. The minimum Gasteiger partial charge on any atom is -0.344 e. The summed E-state index contributed by atoms with van der Waals surface area (Å²) in [6.07, 6.45) is 11.1. The number of hydrogen-bond donors (Lipinski definition) is 1. The molecular weight excluding hydrogens is 224 g/mol. The summed E-state index contributed by atoms with van der Waals surface area (Å²) in [4.78, 5) is 13.9. The maximum absolute atomic E-state index is 12.1. The van der Waals surface area contributed by atoms with Crippen LogP contribution in [0.4, 0.5) is 0 Å². The summed E-state index contributed by atoms with van der Waals surface area (Å²) in [5.74, 6) is 0.768. The zero-order valence-corrected chi connectivity index (χ0v) is 11.7. The molecular formula is C15H28N2O. The predicted octanol–water partition coefficient (Wildman–Crippen LogP) is 2.71. The van der Waals surface area contributed by atoms with E-state index in [0.29, 0.717) is 5.92 Å². The van der Waals surface area contributed by atoms with Crippen molar-refractivity contribution in [1.82, 2.24) is 4.90 Å². The molecule has 0 aromatic rings. The van der Waals surface area contributed by atoms with Gasteiger partial charge in [0.2, 0.25) is 5.91 Å². The number of hydrogen-bond acceptors (Lipinski definition) is 2. The molecule has 0 saturated heterocycles. The van der Waals surface area contributed by atoms with Crippen LogP contribution in [0.2, 0.25) is 0 Å². The summed E-state index contributed by atoms with van der Waals surface area (Å²) in [6.45, 7) is 4.47. The van der Waals surface area contributed by atoms with Gasteiger partial charge in [-0.05, 0) is 25.2 Å². The van der Waals surface area contributed by atoms with Crippen LogP contribution in [-0.4, -0.2) is 30.4 Å². The third-order valence-electron chi connectivity index (χ3n) is 3.91. The molecule has 1 unspecified atom stereocenters. The first-order valence-corrected chi connectivity index (χ1v) is 7.26. The molecule has 0 aliphatic heterocycles. The number of rotatable bonds is 7. The fourth-order valence-corrected chi connectivity index (χ4v) is 2.75. The molecule has 0 aromatic heterocycles. The molecule has 1 atom stereocenters. The zero-order chi connectivity index (χ0) is 13.4. The van der Waals surface area contributed by atoms with Crippen molar-refractivity contribution in [3.63, 3.8) is 0 Å². The van der Waals surface area contributed by atoms with E-state index in [1.54, 1.807) is 4.90 Å². The second kappa shape index (κ2) is 8.30. The Morgan fingerprint density at radius 1 is 1.44 bits per heavy atom. The van der Waals surface area contributed by atoms with Gasteiger partial charge >= 0.3 is 0 Å². The molecule has 104 valence electrons. The van der Waals surface area contributed by atoms with Crippen LogP contribution < -0.4 is 5.73 Å². The summed E-state index contributed by atoms with van der Waals surface area (Å²) >= 11 is 0. The summed E-state index contributed by atoms with van der Waals surface area (Å²) in [5.41, 5.74) is 6.04. The van der Waals surface area contributed by atoms with Crippen LogP contribution in [0, 0.1) is 5.92 Å². The number of nitrogens with two attached hydrogens (primary N) is 1. The Morgan fingerprint density at radius 2 is 2.11 bits per heavy atom. The van der Waals surface area contributed by atoms with Crippen molar-refractivity contribution >= 4 is 5.91 Å². The molecule has 0 heterocycles. The molecule has 2 N–H and O–H groups in total. The Labute approximate surface area is 111 Å². The monoisotopic (exact) mass is 252 g/mol. The number of likely N-dealkylation sites (N-methyl/N-ethyl adjacent to an activating group) is 1. The summed E-state index contributed by atoms with van der Waals surface area (Å²) in [5, 5.41) is 0. The van der Waals surface area contributed by atoms with Crippen molar-refractivity contribution < 1.29 is 4.79 Å². The minimum atomic E-state index is -0.304. The Balaban J connectivity index is 2.27. The average Bonchev–Trinajstić information content (AvgIpc) is 2.39. The highest BCUT2D eigenvalue weighted by Gasteiger charge is 2.23. The van der Waals surface area contributed by atoms with E-state index in [2.05, 4.69) is 6.58 Å². The standard InChI is InChI=1S/C15H28N2O/c1-3-4-8-11-17(2)15(18)14(16)12-13-9-6-5-7-10-13/h3,13-14H,1,4-12,16H2,2H3. The summed E-state index contributed by atoms with van der Waals surface area (Å²) < 4.78 is 0. The largest absolute Gasteiger partial charge is 0.344 e. The van der Waals surface area contributed by atoms with Gasteiger partial charge in [-0.2, -0.15) is 0 Å². The van der Waals surface area contributed by atoms with E-state index in [1.165, 1.54) is 32.1 Å². The van der Waals surface area contributed by atoms with E-state index in [1.807, 2.05) is 13.1 Å².